The first-order valence-electron chi connectivity index (χ1n) is 9.15. The van der Waals surface area contributed by atoms with E-state index in [4.69, 9.17) is 9.72 Å². The van der Waals surface area contributed by atoms with Gasteiger partial charge < -0.3 is 9.30 Å². The highest BCUT2D eigenvalue weighted by Crippen LogP contribution is 2.20. The Hall–Kier alpha value is -3.33. The van der Waals surface area contributed by atoms with Gasteiger partial charge in [0.25, 0.3) is 0 Å². The lowest BCUT2D eigenvalue weighted by atomic mass is 10.1. The molecule has 0 amide bonds. The van der Waals surface area contributed by atoms with E-state index in [1.54, 1.807) is 7.11 Å². The summed E-state index contributed by atoms with van der Waals surface area (Å²) < 4.78 is 7.52. The average Bonchev–Trinajstić information content (AvgIpc) is 3.09. The zero-order valence-corrected chi connectivity index (χ0v) is 15.4. The highest BCUT2D eigenvalue weighted by Gasteiger charge is 2.08. The van der Waals surface area contributed by atoms with Crippen molar-refractivity contribution < 1.29 is 4.74 Å². The highest BCUT2D eigenvalue weighted by atomic mass is 16.5. The van der Waals surface area contributed by atoms with Crippen LogP contribution in [-0.4, -0.2) is 16.7 Å². The van der Waals surface area contributed by atoms with Crippen LogP contribution < -0.4 is 4.74 Å². The number of hydrogen-bond acceptors (Lipinski definition) is 2. The van der Waals surface area contributed by atoms with Crippen molar-refractivity contribution in [3.8, 4) is 5.75 Å². The molecule has 0 unspecified atom stereocenters. The van der Waals surface area contributed by atoms with Crippen molar-refractivity contribution in [2.75, 3.05) is 7.11 Å². The summed E-state index contributed by atoms with van der Waals surface area (Å²) in [6.07, 6.45) is 5.16. The fourth-order valence-electron chi connectivity index (χ4n) is 3.23. The molecule has 0 aliphatic heterocycles. The van der Waals surface area contributed by atoms with E-state index in [2.05, 4.69) is 65.3 Å². The molecule has 0 fully saturated rings. The summed E-state index contributed by atoms with van der Waals surface area (Å²) in [6, 6.07) is 26.9. The van der Waals surface area contributed by atoms with Crippen LogP contribution in [-0.2, 0) is 13.0 Å². The quantitative estimate of drug-likeness (QED) is 0.460. The number of imidazole rings is 1. The van der Waals surface area contributed by atoms with Gasteiger partial charge in [0.15, 0.2) is 0 Å². The van der Waals surface area contributed by atoms with Crippen LogP contribution in [0.1, 0.15) is 17.0 Å². The van der Waals surface area contributed by atoms with Gasteiger partial charge in [-0.15, -0.1) is 0 Å². The van der Waals surface area contributed by atoms with Crippen molar-refractivity contribution in [2.24, 2.45) is 0 Å². The predicted octanol–water partition coefficient (Wildman–Crippen LogP) is 5.46. The lowest BCUT2D eigenvalue weighted by molar-refractivity contribution is 0.415. The molecule has 0 atom stereocenters. The van der Waals surface area contributed by atoms with Gasteiger partial charge in [-0.25, -0.2) is 4.98 Å². The van der Waals surface area contributed by atoms with Gasteiger partial charge in [0.1, 0.15) is 11.6 Å². The molecule has 0 spiro atoms. The summed E-state index contributed by atoms with van der Waals surface area (Å²) in [5, 5.41) is 0. The van der Waals surface area contributed by atoms with E-state index in [0.717, 1.165) is 35.6 Å². The lowest BCUT2D eigenvalue weighted by Crippen LogP contribution is -2.03. The summed E-state index contributed by atoms with van der Waals surface area (Å²) >= 11 is 0. The molecule has 0 N–H and O–H groups in total. The van der Waals surface area contributed by atoms with Crippen LogP contribution in [0.15, 0.2) is 78.9 Å². The number of benzene rings is 3. The lowest BCUT2D eigenvalue weighted by Gasteiger charge is -2.07. The molecule has 4 rings (SSSR count). The SMILES string of the molecule is COc1ccc(/C=C/c2nc3ccccc3n2CCc2ccccc2)cc1. The first kappa shape index (κ1) is 17.1. The van der Waals surface area contributed by atoms with Crippen molar-refractivity contribution in [1.29, 1.82) is 0 Å². The summed E-state index contributed by atoms with van der Waals surface area (Å²) in [7, 11) is 1.68. The van der Waals surface area contributed by atoms with Gasteiger partial charge in [0.2, 0.25) is 0 Å². The maximum absolute atomic E-state index is 5.22. The van der Waals surface area contributed by atoms with Crippen LogP contribution in [0, 0.1) is 0 Å². The van der Waals surface area contributed by atoms with E-state index >= 15 is 0 Å². The van der Waals surface area contributed by atoms with Crippen molar-refractivity contribution in [1.82, 2.24) is 9.55 Å². The van der Waals surface area contributed by atoms with Crippen molar-refractivity contribution in [3.05, 3.63) is 95.8 Å². The summed E-state index contributed by atoms with van der Waals surface area (Å²) in [5.41, 5.74) is 4.65. The van der Waals surface area contributed by atoms with E-state index in [9.17, 15) is 0 Å². The summed E-state index contributed by atoms with van der Waals surface area (Å²) in [5.74, 6) is 1.84. The van der Waals surface area contributed by atoms with Crippen LogP contribution in [0.4, 0.5) is 0 Å². The van der Waals surface area contributed by atoms with Crippen LogP contribution >= 0.6 is 0 Å². The standard InChI is InChI=1S/C24H22N2O/c1-27-21-14-11-20(12-15-21)13-16-24-25-22-9-5-6-10-23(22)26(24)18-17-19-7-3-2-4-8-19/h2-16H,17-18H2,1H3/b16-13+. The van der Waals surface area contributed by atoms with Gasteiger partial charge in [-0.05, 0) is 47.9 Å². The number of rotatable bonds is 6. The molecule has 0 bridgehead atoms. The van der Waals surface area contributed by atoms with Gasteiger partial charge in [-0.2, -0.15) is 0 Å². The largest absolute Gasteiger partial charge is 0.497 e. The first-order valence-corrected chi connectivity index (χ1v) is 9.15. The van der Waals surface area contributed by atoms with Gasteiger partial charge in [-0.1, -0.05) is 60.7 Å². The number of nitrogens with zero attached hydrogens (tertiary/aromatic N) is 2. The molecule has 134 valence electrons. The number of fused-ring (bicyclic) bond motifs is 1. The van der Waals surface area contributed by atoms with Gasteiger partial charge in [0, 0.05) is 6.54 Å². The van der Waals surface area contributed by atoms with Crippen molar-refractivity contribution in [2.45, 2.75) is 13.0 Å². The van der Waals surface area contributed by atoms with E-state index in [-0.39, 0.29) is 0 Å². The minimum Gasteiger partial charge on any atom is -0.497 e. The Labute approximate surface area is 159 Å². The maximum atomic E-state index is 5.22. The highest BCUT2D eigenvalue weighted by molar-refractivity contribution is 5.79. The van der Waals surface area contributed by atoms with Gasteiger partial charge >= 0.3 is 0 Å². The molecule has 1 heterocycles. The Bertz CT molecular complexity index is 1050. The monoisotopic (exact) mass is 354 g/mol. The topological polar surface area (TPSA) is 27.1 Å². The number of methoxy groups -OCH3 is 1. The van der Waals surface area contributed by atoms with E-state index in [1.165, 1.54) is 11.1 Å². The molecular weight excluding hydrogens is 332 g/mol. The Morgan fingerprint density at radius 3 is 2.37 bits per heavy atom. The molecule has 4 aromatic rings. The van der Waals surface area contributed by atoms with Crippen LogP contribution in [0.5, 0.6) is 5.75 Å². The fraction of sp³-hybridized carbons (Fsp3) is 0.125. The molecule has 0 aliphatic carbocycles. The zero-order valence-electron chi connectivity index (χ0n) is 15.4. The van der Waals surface area contributed by atoms with E-state index in [1.807, 2.05) is 30.3 Å². The molecule has 3 heteroatoms. The normalized spacial score (nSPS) is 11.3. The van der Waals surface area contributed by atoms with Gasteiger partial charge in [-0.3, -0.25) is 0 Å². The fourth-order valence-corrected chi connectivity index (χ4v) is 3.23. The van der Waals surface area contributed by atoms with E-state index < -0.39 is 0 Å². The minimum atomic E-state index is 0.863. The second kappa shape index (κ2) is 7.92. The molecular formula is C24H22N2O. The Morgan fingerprint density at radius 2 is 1.59 bits per heavy atom. The van der Waals surface area contributed by atoms with Crippen molar-refractivity contribution >= 4 is 23.2 Å². The Balaban J connectivity index is 1.63. The molecule has 0 aliphatic rings. The second-order valence-electron chi connectivity index (χ2n) is 6.45. The van der Waals surface area contributed by atoms with E-state index in [0.29, 0.717) is 0 Å². The second-order valence-corrected chi connectivity index (χ2v) is 6.45. The number of ether oxygens (including phenoxy) is 1. The smallest absolute Gasteiger partial charge is 0.133 e. The number of hydrogen-bond donors (Lipinski definition) is 0. The molecule has 1 aromatic heterocycles. The zero-order chi connectivity index (χ0) is 18.5. The number of para-hydroxylation sites is 2. The molecule has 3 nitrogen and oxygen atoms in total. The van der Waals surface area contributed by atoms with Crippen LogP contribution in [0.2, 0.25) is 0 Å². The third-order valence-electron chi connectivity index (χ3n) is 4.69. The molecule has 0 saturated carbocycles. The predicted molar refractivity (Wildman–Crippen MR) is 112 cm³/mol. The summed E-state index contributed by atoms with van der Waals surface area (Å²) in [4.78, 5) is 4.83. The van der Waals surface area contributed by atoms with Crippen molar-refractivity contribution in [3.63, 3.8) is 0 Å². The third kappa shape index (κ3) is 3.93. The Morgan fingerprint density at radius 1 is 0.852 bits per heavy atom. The Kier molecular flexibility index (Phi) is 5.01. The maximum Gasteiger partial charge on any atom is 0.133 e. The van der Waals surface area contributed by atoms with Gasteiger partial charge in [0.05, 0.1) is 18.1 Å². The average molecular weight is 354 g/mol. The molecule has 0 radical (unpaired) electrons. The van der Waals surface area contributed by atoms with Crippen LogP contribution in [0.25, 0.3) is 23.2 Å². The summed E-state index contributed by atoms with van der Waals surface area (Å²) in [6.45, 7) is 0.896. The molecule has 0 saturated heterocycles. The third-order valence-corrected chi connectivity index (χ3v) is 4.69. The molecule has 3 aromatic carbocycles. The molecule has 27 heavy (non-hydrogen) atoms. The minimum absolute atomic E-state index is 0.863. The number of aryl methyl sites for hydroxylation is 2. The number of aromatic nitrogens is 2. The van der Waals surface area contributed by atoms with Crippen LogP contribution in [0.3, 0.4) is 0 Å². The first-order chi connectivity index (χ1) is 13.3.